The van der Waals surface area contributed by atoms with E-state index in [4.69, 9.17) is 4.74 Å². The Hall–Kier alpha value is -0.580. The van der Waals surface area contributed by atoms with Crippen molar-refractivity contribution in [3.8, 4) is 5.75 Å². The van der Waals surface area contributed by atoms with Crippen molar-refractivity contribution in [3.05, 3.63) is 28.2 Å². The van der Waals surface area contributed by atoms with Gasteiger partial charge < -0.3 is 10.1 Å². The zero-order valence-electron chi connectivity index (χ0n) is 9.87. The van der Waals surface area contributed by atoms with E-state index in [9.17, 15) is 4.79 Å². The van der Waals surface area contributed by atoms with Crippen LogP contribution in [-0.2, 0) is 0 Å². The Morgan fingerprint density at radius 1 is 1.28 bits per heavy atom. The first-order valence-electron chi connectivity index (χ1n) is 5.92. The molecule has 3 nitrogen and oxygen atoms in total. The molecule has 1 N–H and O–H groups in total. The van der Waals surface area contributed by atoms with Crippen molar-refractivity contribution in [2.24, 2.45) is 0 Å². The van der Waals surface area contributed by atoms with Gasteiger partial charge in [-0.3, -0.25) is 4.79 Å². The van der Waals surface area contributed by atoms with Gasteiger partial charge in [-0.05, 0) is 41.2 Å². The predicted molar refractivity (Wildman–Crippen MR) is 75.8 cm³/mol. The number of ketones is 1. The number of fused-ring (bicyclic) bond motifs is 1. The largest absolute Gasteiger partial charge is 0.485 e. The number of Topliss-reactive ketones (excluding diaryl/α,β-unsaturated/α-hetero) is 1. The number of ether oxygens (including phenoxy) is 1. The monoisotopic (exact) mass is 331 g/mol. The number of nitrogens with one attached hydrogen (secondary N) is 1. The lowest BCUT2D eigenvalue weighted by Gasteiger charge is -2.41. The molecule has 98 valence electrons. The minimum absolute atomic E-state index is 0. The zero-order valence-corrected chi connectivity index (χ0v) is 12.3. The second-order valence-electron chi connectivity index (χ2n) is 4.75. The topological polar surface area (TPSA) is 38.3 Å². The maximum atomic E-state index is 12.2. The fraction of sp³-hybridized carbons (Fsp3) is 0.462. The van der Waals surface area contributed by atoms with Crippen LogP contribution in [0.1, 0.15) is 29.6 Å². The number of halogens is 2. The fourth-order valence-electron chi connectivity index (χ4n) is 2.63. The molecule has 2 heterocycles. The number of para-hydroxylation sites is 1. The van der Waals surface area contributed by atoms with Gasteiger partial charge in [0, 0.05) is 12.8 Å². The van der Waals surface area contributed by atoms with Gasteiger partial charge in [0.15, 0.2) is 5.78 Å². The third-order valence-electron chi connectivity index (χ3n) is 3.58. The standard InChI is InChI=1S/C13H14BrNO2.ClH/c14-10-3-1-2-9-11(16)8-13(17-12(9)10)4-6-15-7-5-13;/h1-3,15H,4-8H2;1H. The number of carbonyl (C=O) groups is 1. The first-order valence-corrected chi connectivity index (χ1v) is 6.71. The Morgan fingerprint density at radius 2 is 2.00 bits per heavy atom. The first-order chi connectivity index (χ1) is 8.20. The van der Waals surface area contributed by atoms with Crippen LogP contribution in [-0.4, -0.2) is 24.5 Å². The molecule has 1 aromatic carbocycles. The third kappa shape index (κ3) is 2.29. The molecule has 0 aromatic heterocycles. The van der Waals surface area contributed by atoms with Crippen molar-refractivity contribution < 1.29 is 9.53 Å². The Labute approximate surface area is 121 Å². The highest BCUT2D eigenvalue weighted by molar-refractivity contribution is 9.10. The molecule has 1 fully saturated rings. The summed E-state index contributed by atoms with van der Waals surface area (Å²) in [7, 11) is 0. The number of benzene rings is 1. The van der Waals surface area contributed by atoms with Gasteiger partial charge in [-0.15, -0.1) is 12.4 Å². The highest BCUT2D eigenvalue weighted by Gasteiger charge is 2.41. The highest BCUT2D eigenvalue weighted by atomic mass is 79.9. The van der Waals surface area contributed by atoms with Crippen LogP contribution >= 0.6 is 28.3 Å². The van der Waals surface area contributed by atoms with Gasteiger partial charge in [0.05, 0.1) is 16.5 Å². The van der Waals surface area contributed by atoms with E-state index < -0.39 is 0 Å². The van der Waals surface area contributed by atoms with E-state index in [0.29, 0.717) is 12.0 Å². The van der Waals surface area contributed by atoms with Crippen LogP contribution in [0, 0.1) is 0 Å². The molecule has 0 saturated carbocycles. The number of hydrogen-bond donors (Lipinski definition) is 1. The summed E-state index contributed by atoms with van der Waals surface area (Å²) in [6.45, 7) is 1.85. The molecule has 5 heteroatoms. The van der Waals surface area contributed by atoms with Gasteiger partial charge in [-0.2, -0.15) is 0 Å². The molecule has 18 heavy (non-hydrogen) atoms. The summed E-state index contributed by atoms with van der Waals surface area (Å²) < 4.78 is 7.03. The zero-order chi connectivity index (χ0) is 11.9. The van der Waals surface area contributed by atoms with Crippen LogP contribution in [0.25, 0.3) is 0 Å². The molecule has 0 radical (unpaired) electrons. The highest BCUT2D eigenvalue weighted by Crippen LogP contribution is 2.41. The van der Waals surface area contributed by atoms with Gasteiger partial charge >= 0.3 is 0 Å². The third-order valence-corrected chi connectivity index (χ3v) is 4.21. The summed E-state index contributed by atoms with van der Waals surface area (Å²) in [5.41, 5.74) is 0.433. The van der Waals surface area contributed by atoms with Crippen molar-refractivity contribution in [1.29, 1.82) is 0 Å². The predicted octanol–water partition coefficient (Wildman–Crippen LogP) is 2.96. The van der Waals surface area contributed by atoms with Crippen LogP contribution in [0.15, 0.2) is 22.7 Å². The molecule has 0 aliphatic carbocycles. The number of carbonyl (C=O) groups excluding carboxylic acids is 1. The molecule has 1 saturated heterocycles. The molecule has 1 aromatic rings. The molecule has 0 amide bonds. The summed E-state index contributed by atoms with van der Waals surface area (Å²) in [6, 6.07) is 5.65. The molecule has 0 unspecified atom stereocenters. The Kier molecular flexibility index (Phi) is 3.99. The van der Waals surface area contributed by atoms with Gasteiger partial charge in [0.2, 0.25) is 0 Å². The van der Waals surface area contributed by atoms with Gasteiger partial charge in [-0.1, -0.05) is 6.07 Å². The fourth-order valence-corrected chi connectivity index (χ4v) is 3.08. The van der Waals surface area contributed by atoms with Crippen molar-refractivity contribution in [2.45, 2.75) is 24.9 Å². The number of hydrogen-bond acceptors (Lipinski definition) is 3. The lowest BCUT2D eigenvalue weighted by molar-refractivity contribution is 0.0181. The van der Waals surface area contributed by atoms with Crippen LogP contribution in [0.5, 0.6) is 5.75 Å². The second-order valence-corrected chi connectivity index (χ2v) is 5.61. The molecule has 2 aliphatic rings. The second kappa shape index (κ2) is 5.19. The molecule has 2 aliphatic heterocycles. The lowest BCUT2D eigenvalue weighted by atomic mass is 9.83. The van der Waals surface area contributed by atoms with E-state index in [0.717, 1.165) is 36.2 Å². The van der Waals surface area contributed by atoms with Crippen molar-refractivity contribution in [1.82, 2.24) is 5.32 Å². The van der Waals surface area contributed by atoms with Crippen LogP contribution < -0.4 is 10.1 Å². The Bertz CT molecular complexity index is 472. The normalized spacial score (nSPS) is 20.8. The molecule has 3 rings (SSSR count). The Morgan fingerprint density at radius 3 is 2.72 bits per heavy atom. The maximum absolute atomic E-state index is 12.2. The molecule has 0 atom stereocenters. The summed E-state index contributed by atoms with van der Waals surface area (Å²) in [6.07, 6.45) is 2.32. The van der Waals surface area contributed by atoms with E-state index in [2.05, 4.69) is 21.2 Å². The summed E-state index contributed by atoms with van der Waals surface area (Å²) in [5, 5.41) is 3.31. The van der Waals surface area contributed by atoms with Crippen LogP contribution in [0.3, 0.4) is 0 Å². The van der Waals surface area contributed by atoms with E-state index in [1.54, 1.807) is 0 Å². The number of piperidine rings is 1. The summed E-state index contributed by atoms with van der Waals surface area (Å²) >= 11 is 3.47. The first kappa shape index (κ1) is 13.8. The lowest BCUT2D eigenvalue weighted by Crippen LogP contribution is -2.49. The summed E-state index contributed by atoms with van der Waals surface area (Å²) in [4.78, 5) is 12.2. The SMILES string of the molecule is Cl.O=C1CC2(CCNCC2)Oc2c(Br)cccc21. The quantitative estimate of drug-likeness (QED) is 0.794. The minimum atomic E-state index is -0.279. The average molecular weight is 333 g/mol. The van der Waals surface area contributed by atoms with E-state index in [1.165, 1.54) is 0 Å². The average Bonchev–Trinajstić information content (AvgIpc) is 2.32. The van der Waals surface area contributed by atoms with Crippen molar-refractivity contribution in [3.63, 3.8) is 0 Å². The van der Waals surface area contributed by atoms with Gasteiger partial charge in [0.25, 0.3) is 0 Å². The molecule has 0 bridgehead atoms. The van der Waals surface area contributed by atoms with Crippen molar-refractivity contribution in [2.75, 3.05) is 13.1 Å². The molecule has 1 spiro atoms. The van der Waals surface area contributed by atoms with Crippen LogP contribution in [0.2, 0.25) is 0 Å². The van der Waals surface area contributed by atoms with Gasteiger partial charge in [0.1, 0.15) is 11.4 Å². The van der Waals surface area contributed by atoms with E-state index in [-0.39, 0.29) is 23.8 Å². The minimum Gasteiger partial charge on any atom is -0.485 e. The smallest absolute Gasteiger partial charge is 0.170 e. The number of rotatable bonds is 0. The maximum Gasteiger partial charge on any atom is 0.170 e. The van der Waals surface area contributed by atoms with Crippen LogP contribution in [0.4, 0.5) is 0 Å². The van der Waals surface area contributed by atoms with E-state index >= 15 is 0 Å². The van der Waals surface area contributed by atoms with Gasteiger partial charge in [-0.25, -0.2) is 0 Å². The molecular weight excluding hydrogens is 318 g/mol. The van der Waals surface area contributed by atoms with Crippen molar-refractivity contribution >= 4 is 34.1 Å². The van der Waals surface area contributed by atoms with E-state index in [1.807, 2.05) is 18.2 Å². The Balaban J connectivity index is 0.00000120. The molecular formula is C13H15BrClNO2. The summed E-state index contributed by atoms with van der Waals surface area (Å²) in [5.74, 6) is 0.931.